The van der Waals surface area contributed by atoms with E-state index in [1.807, 2.05) is 0 Å². The van der Waals surface area contributed by atoms with Crippen molar-refractivity contribution in [2.75, 3.05) is 16.9 Å². The molecule has 1 saturated heterocycles. The minimum absolute atomic E-state index is 0.00607. The van der Waals surface area contributed by atoms with Gasteiger partial charge in [-0.05, 0) is 12.1 Å². The van der Waals surface area contributed by atoms with Crippen LogP contribution in [0, 0.1) is 5.82 Å². The number of rotatable bonds is 2. The van der Waals surface area contributed by atoms with Gasteiger partial charge in [-0.15, -0.1) is 11.8 Å². The molecular weight excluding hydrogens is 251 g/mol. The Kier molecular flexibility index (Phi) is 3.68. The van der Waals surface area contributed by atoms with E-state index in [-0.39, 0.29) is 22.7 Å². The minimum Gasteiger partial charge on any atom is -0.322 e. The lowest BCUT2D eigenvalue weighted by Crippen LogP contribution is -2.37. The van der Waals surface area contributed by atoms with Crippen LogP contribution in [0.3, 0.4) is 0 Å². The zero-order valence-corrected chi connectivity index (χ0v) is 9.87. The third-order valence-corrected chi connectivity index (χ3v) is 3.47. The van der Waals surface area contributed by atoms with Crippen molar-refractivity contribution in [3.05, 3.63) is 29.0 Å². The number of thioether (sulfide) groups is 1. The predicted molar refractivity (Wildman–Crippen MR) is 64.3 cm³/mol. The molecular formula is C10H10ClFN2OS. The smallest absolute Gasteiger partial charge is 0.242 e. The molecule has 1 aliphatic heterocycles. The summed E-state index contributed by atoms with van der Waals surface area (Å²) in [5, 5.41) is 5.53. The summed E-state index contributed by atoms with van der Waals surface area (Å²) in [5.74, 6) is 0.624. The molecule has 0 bridgehead atoms. The molecule has 0 radical (unpaired) electrons. The third kappa shape index (κ3) is 2.48. The van der Waals surface area contributed by atoms with Crippen LogP contribution >= 0.6 is 23.4 Å². The lowest BCUT2D eigenvalue weighted by molar-refractivity contribution is -0.117. The Morgan fingerprint density at radius 3 is 3.12 bits per heavy atom. The van der Waals surface area contributed by atoms with Gasteiger partial charge in [0.1, 0.15) is 0 Å². The number of hydrogen-bond acceptors (Lipinski definition) is 3. The maximum atomic E-state index is 13.5. The zero-order chi connectivity index (χ0) is 11.5. The van der Waals surface area contributed by atoms with Gasteiger partial charge in [0.15, 0.2) is 5.82 Å². The van der Waals surface area contributed by atoms with E-state index in [0.717, 1.165) is 5.88 Å². The van der Waals surface area contributed by atoms with E-state index in [4.69, 9.17) is 11.6 Å². The molecule has 1 unspecified atom stereocenters. The molecule has 1 aliphatic rings. The fourth-order valence-corrected chi connectivity index (χ4v) is 2.50. The first-order valence-corrected chi connectivity index (χ1v) is 6.28. The van der Waals surface area contributed by atoms with Crippen LogP contribution in [-0.4, -0.2) is 23.6 Å². The first kappa shape index (κ1) is 11.7. The summed E-state index contributed by atoms with van der Waals surface area (Å²) in [7, 11) is 0. The van der Waals surface area contributed by atoms with Crippen molar-refractivity contribution >= 4 is 35.0 Å². The van der Waals surface area contributed by atoms with Crippen molar-refractivity contribution in [3.63, 3.8) is 0 Å². The van der Waals surface area contributed by atoms with Crippen LogP contribution in [0.4, 0.5) is 10.1 Å². The van der Waals surface area contributed by atoms with Gasteiger partial charge in [0, 0.05) is 11.6 Å². The number of benzene rings is 1. The van der Waals surface area contributed by atoms with Gasteiger partial charge in [0.2, 0.25) is 5.91 Å². The summed E-state index contributed by atoms with van der Waals surface area (Å²) < 4.78 is 13.5. The molecule has 1 heterocycles. The van der Waals surface area contributed by atoms with Crippen LogP contribution in [-0.2, 0) is 4.79 Å². The highest BCUT2D eigenvalue weighted by molar-refractivity contribution is 7.99. The first-order valence-electron chi connectivity index (χ1n) is 4.74. The van der Waals surface area contributed by atoms with Crippen LogP contribution in [0.1, 0.15) is 0 Å². The molecule has 0 aromatic heterocycles. The Morgan fingerprint density at radius 2 is 2.44 bits per heavy atom. The number of hydrogen-bond donors (Lipinski definition) is 2. The average Bonchev–Trinajstić information content (AvgIpc) is 2.78. The lowest BCUT2D eigenvalue weighted by Gasteiger charge is -2.11. The molecule has 1 aromatic carbocycles. The summed E-state index contributed by atoms with van der Waals surface area (Å²) in [6, 6.07) is 4.26. The van der Waals surface area contributed by atoms with Crippen LogP contribution in [0.2, 0.25) is 5.02 Å². The predicted octanol–water partition coefficient (Wildman–Crippen LogP) is 2.08. The number of anilines is 1. The second-order valence-electron chi connectivity index (χ2n) is 3.36. The largest absolute Gasteiger partial charge is 0.322 e. The number of carbonyl (C=O) groups excluding carboxylic acids is 1. The van der Waals surface area contributed by atoms with Crippen molar-refractivity contribution < 1.29 is 9.18 Å². The zero-order valence-electron chi connectivity index (χ0n) is 8.30. The summed E-state index contributed by atoms with van der Waals surface area (Å²) in [4.78, 5) is 11.7. The Morgan fingerprint density at radius 1 is 1.62 bits per heavy atom. The fraction of sp³-hybridized carbons (Fsp3) is 0.300. The van der Waals surface area contributed by atoms with Crippen molar-refractivity contribution in [1.29, 1.82) is 0 Å². The van der Waals surface area contributed by atoms with E-state index in [2.05, 4.69) is 10.6 Å². The molecule has 6 heteroatoms. The topological polar surface area (TPSA) is 41.1 Å². The first-order chi connectivity index (χ1) is 7.68. The van der Waals surface area contributed by atoms with E-state index < -0.39 is 5.82 Å². The Balaban J connectivity index is 2.08. The van der Waals surface area contributed by atoms with Crippen LogP contribution in [0.15, 0.2) is 18.2 Å². The Bertz CT molecular complexity index is 410. The molecule has 0 spiro atoms. The summed E-state index contributed by atoms with van der Waals surface area (Å²) in [6.07, 6.45) is 0. The van der Waals surface area contributed by atoms with Gasteiger partial charge in [-0.2, -0.15) is 0 Å². The van der Waals surface area contributed by atoms with E-state index in [1.165, 1.54) is 12.1 Å². The van der Waals surface area contributed by atoms with Crippen molar-refractivity contribution in [3.8, 4) is 0 Å². The molecule has 2 N–H and O–H groups in total. The number of carbonyl (C=O) groups is 1. The van der Waals surface area contributed by atoms with E-state index in [1.54, 1.807) is 17.8 Å². The second kappa shape index (κ2) is 5.03. The van der Waals surface area contributed by atoms with E-state index in [9.17, 15) is 9.18 Å². The molecule has 86 valence electrons. The second-order valence-corrected chi connectivity index (χ2v) is 4.80. The maximum absolute atomic E-state index is 13.5. The lowest BCUT2D eigenvalue weighted by atomic mass is 10.2. The van der Waals surface area contributed by atoms with Gasteiger partial charge in [-0.25, -0.2) is 4.39 Å². The van der Waals surface area contributed by atoms with Crippen molar-refractivity contribution in [2.24, 2.45) is 0 Å². The standard InChI is InChI=1S/C10H10ClFN2OS/c11-6-2-1-3-7(9(6)12)14-10(15)8-4-16-5-13-8/h1-3,8,13H,4-5H2,(H,14,15). The molecule has 3 nitrogen and oxygen atoms in total. The molecule has 0 saturated carbocycles. The molecule has 2 rings (SSSR count). The maximum Gasteiger partial charge on any atom is 0.242 e. The van der Waals surface area contributed by atoms with E-state index >= 15 is 0 Å². The molecule has 1 fully saturated rings. The van der Waals surface area contributed by atoms with Gasteiger partial charge < -0.3 is 5.32 Å². The van der Waals surface area contributed by atoms with Crippen molar-refractivity contribution in [1.82, 2.24) is 5.32 Å². The van der Waals surface area contributed by atoms with Crippen molar-refractivity contribution in [2.45, 2.75) is 6.04 Å². The Hall–Kier alpha value is -0.780. The van der Waals surface area contributed by atoms with Gasteiger partial charge in [0.25, 0.3) is 0 Å². The molecule has 0 aliphatic carbocycles. The highest BCUT2D eigenvalue weighted by Crippen LogP contribution is 2.22. The Labute approximate surface area is 102 Å². The normalized spacial score (nSPS) is 19.8. The van der Waals surface area contributed by atoms with Gasteiger partial charge in [-0.3, -0.25) is 10.1 Å². The average molecular weight is 261 g/mol. The van der Waals surface area contributed by atoms with Gasteiger partial charge in [0.05, 0.1) is 16.8 Å². The number of nitrogens with one attached hydrogen (secondary N) is 2. The third-order valence-electron chi connectivity index (χ3n) is 2.24. The van der Waals surface area contributed by atoms with E-state index in [0.29, 0.717) is 5.75 Å². The fourth-order valence-electron chi connectivity index (χ4n) is 1.38. The monoisotopic (exact) mass is 260 g/mol. The van der Waals surface area contributed by atoms with Crippen LogP contribution < -0.4 is 10.6 Å². The number of halogens is 2. The van der Waals surface area contributed by atoms with Gasteiger partial charge in [-0.1, -0.05) is 17.7 Å². The molecule has 16 heavy (non-hydrogen) atoms. The minimum atomic E-state index is -0.594. The molecule has 1 atom stereocenters. The summed E-state index contributed by atoms with van der Waals surface area (Å²) in [6.45, 7) is 0. The quantitative estimate of drug-likeness (QED) is 0.856. The summed E-state index contributed by atoms with van der Waals surface area (Å²) >= 11 is 7.25. The molecule has 1 aromatic rings. The summed E-state index contributed by atoms with van der Waals surface area (Å²) in [5.41, 5.74) is 0.121. The van der Waals surface area contributed by atoms with Crippen LogP contribution in [0.5, 0.6) is 0 Å². The highest BCUT2D eigenvalue weighted by atomic mass is 35.5. The SMILES string of the molecule is O=C(Nc1cccc(Cl)c1F)C1CSCN1. The number of amides is 1. The molecule has 1 amide bonds. The highest BCUT2D eigenvalue weighted by Gasteiger charge is 2.23. The van der Waals surface area contributed by atoms with Gasteiger partial charge >= 0.3 is 0 Å². The van der Waals surface area contributed by atoms with Crippen LogP contribution in [0.25, 0.3) is 0 Å².